The number of amides is 1. The summed E-state index contributed by atoms with van der Waals surface area (Å²) in [5.41, 5.74) is 7.25. The summed E-state index contributed by atoms with van der Waals surface area (Å²) in [6, 6.07) is 3.51. The van der Waals surface area contributed by atoms with E-state index in [1.807, 2.05) is 26.8 Å². The van der Waals surface area contributed by atoms with Crippen LogP contribution in [0.2, 0.25) is 5.15 Å². The van der Waals surface area contributed by atoms with Gasteiger partial charge in [0.25, 0.3) is 0 Å². The van der Waals surface area contributed by atoms with Crippen LogP contribution in [-0.4, -0.2) is 34.7 Å². The van der Waals surface area contributed by atoms with Crippen molar-refractivity contribution >= 4 is 29.0 Å². The van der Waals surface area contributed by atoms with E-state index in [2.05, 4.69) is 4.98 Å². The lowest BCUT2D eigenvalue weighted by Crippen LogP contribution is -2.35. The highest BCUT2D eigenvalue weighted by molar-refractivity contribution is 6.31. The first-order valence-electron chi connectivity index (χ1n) is 6.35. The molecule has 0 atom stereocenters. The molecule has 0 bridgehead atoms. The number of carbonyl (C=O) groups excluding carboxylic acids is 1. The Labute approximate surface area is 123 Å². The van der Waals surface area contributed by atoms with Gasteiger partial charge in [0.05, 0.1) is 17.9 Å². The number of pyridine rings is 1. The minimum atomic E-state index is -0.497. The van der Waals surface area contributed by atoms with Gasteiger partial charge in [-0.05, 0) is 38.5 Å². The molecule has 1 amide bonds. The molecule has 0 fully saturated rings. The van der Waals surface area contributed by atoms with Crippen molar-refractivity contribution in [2.75, 3.05) is 18.8 Å². The summed E-state index contributed by atoms with van der Waals surface area (Å²) in [7, 11) is 0. The first kappa shape index (κ1) is 14.7. The van der Waals surface area contributed by atoms with Gasteiger partial charge in [0.15, 0.2) is 5.15 Å². The highest BCUT2D eigenvalue weighted by Crippen LogP contribution is 2.24. The van der Waals surface area contributed by atoms with E-state index in [0.717, 1.165) is 11.3 Å². The summed E-state index contributed by atoms with van der Waals surface area (Å²) in [6.07, 6.45) is 1.61. The average molecular weight is 296 g/mol. The quantitative estimate of drug-likeness (QED) is 0.809. The summed E-state index contributed by atoms with van der Waals surface area (Å²) in [5.74, 6) is 0. The van der Waals surface area contributed by atoms with Crippen molar-refractivity contribution in [3.8, 4) is 0 Å². The molecule has 0 saturated heterocycles. The lowest BCUT2D eigenvalue weighted by atomic mass is 10.2. The van der Waals surface area contributed by atoms with Crippen LogP contribution in [0.25, 0.3) is 5.57 Å². The van der Waals surface area contributed by atoms with Crippen molar-refractivity contribution in [3.63, 3.8) is 0 Å². The molecular weight excluding hydrogens is 278 g/mol. The fourth-order valence-corrected chi connectivity index (χ4v) is 1.98. The number of hydrogen-bond donors (Lipinski definition) is 1. The lowest BCUT2D eigenvalue weighted by molar-refractivity contribution is 0.0306. The van der Waals surface area contributed by atoms with Crippen LogP contribution in [0, 0.1) is 0 Å². The standard InChI is InChI=1S/C14H18ClN3O2/c1-14(2,3)20-13(19)18-7-6-9(8-18)11-5-4-10(16)12(15)17-11/h4-6H,7-8,16H2,1-3H3. The van der Waals surface area contributed by atoms with Gasteiger partial charge < -0.3 is 15.4 Å². The molecule has 20 heavy (non-hydrogen) atoms. The lowest BCUT2D eigenvalue weighted by Gasteiger charge is -2.24. The number of anilines is 1. The third-order valence-corrected chi connectivity index (χ3v) is 3.08. The Morgan fingerprint density at radius 1 is 1.45 bits per heavy atom. The van der Waals surface area contributed by atoms with E-state index in [9.17, 15) is 4.79 Å². The van der Waals surface area contributed by atoms with Crippen LogP contribution >= 0.6 is 11.6 Å². The molecule has 0 spiro atoms. The molecule has 1 aromatic rings. The van der Waals surface area contributed by atoms with E-state index in [4.69, 9.17) is 22.1 Å². The van der Waals surface area contributed by atoms with Crippen LogP contribution < -0.4 is 5.73 Å². The van der Waals surface area contributed by atoms with Gasteiger partial charge in [-0.25, -0.2) is 9.78 Å². The number of halogens is 1. The first-order valence-corrected chi connectivity index (χ1v) is 6.73. The molecule has 0 unspecified atom stereocenters. The number of nitrogen functional groups attached to an aromatic ring is 1. The van der Waals surface area contributed by atoms with Crippen molar-refractivity contribution in [1.29, 1.82) is 0 Å². The molecule has 6 heteroatoms. The molecule has 108 valence electrons. The molecule has 2 heterocycles. The van der Waals surface area contributed by atoms with E-state index in [1.165, 1.54) is 0 Å². The van der Waals surface area contributed by atoms with Gasteiger partial charge >= 0.3 is 6.09 Å². The number of aromatic nitrogens is 1. The maximum atomic E-state index is 12.0. The second-order valence-corrected chi connectivity index (χ2v) is 6.02. The average Bonchev–Trinajstić information content (AvgIpc) is 2.80. The van der Waals surface area contributed by atoms with Crippen molar-refractivity contribution < 1.29 is 9.53 Å². The normalized spacial score (nSPS) is 15.2. The summed E-state index contributed by atoms with van der Waals surface area (Å²) in [4.78, 5) is 17.8. The van der Waals surface area contributed by atoms with Crippen LogP contribution in [0.15, 0.2) is 18.2 Å². The Morgan fingerprint density at radius 2 is 2.15 bits per heavy atom. The van der Waals surface area contributed by atoms with E-state index < -0.39 is 5.60 Å². The summed E-state index contributed by atoms with van der Waals surface area (Å²) >= 11 is 5.91. The molecule has 0 radical (unpaired) electrons. The summed E-state index contributed by atoms with van der Waals surface area (Å²) < 4.78 is 5.34. The van der Waals surface area contributed by atoms with E-state index in [-0.39, 0.29) is 11.2 Å². The SMILES string of the molecule is CC(C)(C)OC(=O)N1CC=C(c2ccc(N)c(Cl)n2)C1. The third kappa shape index (κ3) is 3.42. The van der Waals surface area contributed by atoms with Crippen molar-refractivity contribution in [1.82, 2.24) is 9.88 Å². The molecule has 0 saturated carbocycles. The second-order valence-electron chi connectivity index (χ2n) is 5.67. The van der Waals surface area contributed by atoms with E-state index in [1.54, 1.807) is 17.0 Å². The highest BCUT2D eigenvalue weighted by Gasteiger charge is 2.26. The Morgan fingerprint density at radius 3 is 2.75 bits per heavy atom. The minimum Gasteiger partial charge on any atom is -0.444 e. The molecule has 2 rings (SSSR count). The van der Waals surface area contributed by atoms with Crippen LogP contribution in [0.5, 0.6) is 0 Å². The van der Waals surface area contributed by atoms with E-state index >= 15 is 0 Å². The number of rotatable bonds is 1. The summed E-state index contributed by atoms with van der Waals surface area (Å²) in [6.45, 7) is 6.50. The Balaban J connectivity index is 2.04. The van der Waals surface area contributed by atoms with Gasteiger partial charge in [-0.1, -0.05) is 17.7 Å². The smallest absolute Gasteiger partial charge is 0.410 e. The molecule has 5 nitrogen and oxygen atoms in total. The molecule has 0 aromatic carbocycles. The Kier molecular flexibility index (Phi) is 3.90. The zero-order valence-electron chi connectivity index (χ0n) is 11.8. The van der Waals surface area contributed by atoms with Crippen LogP contribution in [0.1, 0.15) is 26.5 Å². The maximum absolute atomic E-state index is 12.0. The number of nitrogens with zero attached hydrogens (tertiary/aromatic N) is 2. The van der Waals surface area contributed by atoms with Crippen molar-refractivity contribution in [3.05, 3.63) is 29.1 Å². The fourth-order valence-electron chi connectivity index (χ4n) is 1.83. The van der Waals surface area contributed by atoms with Crippen molar-refractivity contribution in [2.24, 2.45) is 0 Å². The predicted octanol–water partition coefficient (Wildman–Crippen LogP) is 2.95. The van der Waals surface area contributed by atoms with Gasteiger partial charge in [-0.15, -0.1) is 0 Å². The number of nitrogens with two attached hydrogens (primary N) is 1. The summed E-state index contributed by atoms with van der Waals surface area (Å²) in [5, 5.41) is 0.277. The zero-order chi connectivity index (χ0) is 14.9. The first-order chi connectivity index (χ1) is 9.26. The largest absolute Gasteiger partial charge is 0.444 e. The Bertz CT molecular complexity index is 564. The van der Waals surface area contributed by atoms with Gasteiger partial charge in [-0.3, -0.25) is 0 Å². The molecule has 0 aliphatic carbocycles. The Hall–Kier alpha value is -1.75. The van der Waals surface area contributed by atoms with Crippen molar-refractivity contribution in [2.45, 2.75) is 26.4 Å². The van der Waals surface area contributed by atoms with Crippen LogP contribution in [0.4, 0.5) is 10.5 Å². The second kappa shape index (κ2) is 5.32. The molecular formula is C14H18ClN3O2. The monoisotopic (exact) mass is 295 g/mol. The predicted molar refractivity (Wildman–Crippen MR) is 79.4 cm³/mol. The maximum Gasteiger partial charge on any atom is 0.410 e. The molecule has 1 aliphatic rings. The van der Waals surface area contributed by atoms with Crippen LogP contribution in [0.3, 0.4) is 0 Å². The minimum absolute atomic E-state index is 0.277. The van der Waals surface area contributed by atoms with Gasteiger partial charge in [0.1, 0.15) is 5.60 Å². The fraction of sp³-hybridized carbons (Fsp3) is 0.429. The van der Waals surface area contributed by atoms with Gasteiger partial charge in [-0.2, -0.15) is 0 Å². The molecule has 1 aromatic heterocycles. The topological polar surface area (TPSA) is 68.5 Å². The van der Waals surface area contributed by atoms with Gasteiger partial charge in [0, 0.05) is 6.54 Å². The number of ether oxygens (including phenoxy) is 1. The number of carbonyl (C=O) groups is 1. The van der Waals surface area contributed by atoms with Gasteiger partial charge in [0.2, 0.25) is 0 Å². The van der Waals surface area contributed by atoms with Crippen LogP contribution in [-0.2, 0) is 4.74 Å². The molecule has 1 aliphatic heterocycles. The zero-order valence-corrected chi connectivity index (χ0v) is 12.6. The molecule has 2 N–H and O–H groups in total. The van der Waals surface area contributed by atoms with E-state index in [0.29, 0.717) is 18.8 Å². The third-order valence-electron chi connectivity index (χ3n) is 2.78. The highest BCUT2D eigenvalue weighted by atomic mass is 35.5. The number of hydrogen-bond acceptors (Lipinski definition) is 4.